The molecule has 64 valence electrons. The minimum Gasteiger partial charge on any atom is -0.481 e. The number of hydrogen-bond donors (Lipinski definition) is 1. The van der Waals surface area contributed by atoms with Gasteiger partial charge in [-0.2, -0.15) is 0 Å². The van der Waals surface area contributed by atoms with Gasteiger partial charge in [0.2, 0.25) is 0 Å². The van der Waals surface area contributed by atoms with Crippen molar-refractivity contribution < 1.29 is 19.4 Å². The van der Waals surface area contributed by atoms with E-state index in [0.717, 1.165) is 0 Å². The highest BCUT2D eigenvalue weighted by Gasteiger charge is 2.06. The lowest BCUT2D eigenvalue weighted by atomic mass is 10.4. The van der Waals surface area contributed by atoms with Gasteiger partial charge in [-0.15, -0.1) is 13.2 Å². The summed E-state index contributed by atoms with van der Waals surface area (Å²) in [5.74, 6) is -1.85. The molecule has 0 saturated carbocycles. The summed E-state index contributed by atoms with van der Waals surface area (Å²) in [5, 5.41) is 8.01. The largest absolute Gasteiger partial charge is 0.481 e. The molecule has 0 aromatic heterocycles. The van der Waals surface area contributed by atoms with Crippen LogP contribution in [0.3, 0.4) is 0 Å². The Morgan fingerprint density at radius 2 is 1.91 bits per heavy atom. The number of carboxylic acids is 1. The molecule has 0 aliphatic heterocycles. The molecule has 11 heavy (non-hydrogen) atoms. The molecule has 4 heteroatoms. The average Bonchev–Trinajstić information content (AvgIpc) is 1.91. The second-order valence-corrected chi connectivity index (χ2v) is 1.38. The Kier molecular flexibility index (Phi) is 9.76. The van der Waals surface area contributed by atoms with E-state index in [0.29, 0.717) is 0 Å². The van der Waals surface area contributed by atoms with Crippen LogP contribution in [0.25, 0.3) is 0 Å². The Labute approximate surface area is 65.5 Å². The van der Waals surface area contributed by atoms with Crippen molar-refractivity contribution in [3.05, 3.63) is 13.2 Å². The van der Waals surface area contributed by atoms with Crippen molar-refractivity contribution in [1.82, 2.24) is 0 Å². The van der Waals surface area contributed by atoms with Crippen LogP contribution >= 0.6 is 0 Å². The van der Waals surface area contributed by atoms with Crippen molar-refractivity contribution in [2.45, 2.75) is 13.3 Å². The van der Waals surface area contributed by atoms with Gasteiger partial charge in [-0.1, -0.05) is 0 Å². The standard InChI is InChI=1S/C5H8O4.C2H4/c1-2-9-5(8)3-4(6)7;1-2/h2-3H2,1H3,(H,6,7);1-2H2. The predicted molar refractivity (Wildman–Crippen MR) is 40.1 cm³/mol. The molecule has 0 atom stereocenters. The van der Waals surface area contributed by atoms with E-state index >= 15 is 0 Å². The van der Waals surface area contributed by atoms with Crippen LogP contribution in [0, 0.1) is 0 Å². The van der Waals surface area contributed by atoms with E-state index in [9.17, 15) is 9.59 Å². The zero-order chi connectivity index (χ0) is 9.28. The molecule has 0 bridgehead atoms. The van der Waals surface area contributed by atoms with E-state index < -0.39 is 18.4 Å². The average molecular weight is 160 g/mol. The molecule has 0 aliphatic rings. The van der Waals surface area contributed by atoms with Crippen LogP contribution in [0.15, 0.2) is 13.2 Å². The highest BCUT2D eigenvalue weighted by Crippen LogP contribution is 1.84. The monoisotopic (exact) mass is 160 g/mol. The minimum absolute atomic E-state index is 0.228. The van der Waals surface area contributed by atoms with Gasteiger partial charge in [-0.3, -0.25) is 9.59 Å². The van der Waals surface area contributed by atoms with E-state index in [1.54, 1.807) is 6.92 Å². The summed E-state index contributed by atoms with van der Waals surface area (Å²) in [6.07, 6.45) is -0.548. The normalized spacial score (nSPS) is 7.36. The zero-order valence-corrected chi connectivity index (χ0v) is 6.50. The lowest BCUT2D eigenvalue weighted by Crippen LogP contribution is -2.09. The molecule has 0 aliphatic carbocycles. The van der Waals surface area contributed by atoms with Crippen LogP contribution in [-0.4, -0.2) is 23.7 Å². The van der Waals surface area contributed by atoms with E-state index in [-0.39, 0.29) is 6.61 Å². The molecule has 0 saturated heterocycles. The van der Waals surface area contributed by atoms with Gasteiger partial charge in [0.15, 0.2) is 0 Å². The van der Waals surface area contributed by atoms with E-state index in [4.69, 9.17) is 5.11 Å². The van der Waals surface area contributed by atoms with Crippen LogP contribution in [0.1, 0.15) is 13.3 Å². The first-order valence-electron chi connectivity index (χ1n) is 3.04. The third-order valence-electron chi connectivity index (χ3n) is 0.601. The van der Waals surface area contributed by atoms with E-state index in [1.807, 2.05) is 0 Å². The fraction of sp³-hybridized carbons (Fsp3) is 0.429. The van der Waals surface area contributed by atoms with Crippen LogP contribution in [0.4, 0.5) is 0 Å². The summed E-state index contributed by atoms with van der Waals surface area (Å²) in [7, 11) is 0. The SMILES string of the molecule is C=C.CCOC(=O)CC(=O)O. The summed E-state index contributed by atoms with van der Waals surface area (Å²) in [6.45, 7) is 7.85. The molecule has 0 rings (SSSR count). The summed E-state index contributed by atoms with van der Waals surface area (Å²) in [4.78, 5) is 20.0. The lowest BCUT2D eigenvalue weighted by Gasteiger charge is -1.95. The maximum atomic E-state index is 10.3. The van der Waals surface area contributed by atoms with Crippen molar-refractivity contribution in [1.29, 1.82) is 0 Å². The molecule has 0 amide bonds. The molecular weight excluding hydrogens is 148 g/mol. The fourth-order valence-corrected chi connectivity index (χ4v) is 0.335. The van der Waals surface area contributed by atoms with Gasteiger partial charge in [0, 0.05) is 0 Å². The fourth-order valence-electron chi connectivity index (χ4n) is 0.335. The Morgan fingerprint density at radius 1 is 1.45 bits per heavy atom. The quantitative estimate of drug-likeness (QED) is 0.377. The number of aliphatic carboxylic acids is 1. The van der Waals surface area contributed by atoms with Gasteiger partial charge in [-0.25, -0.2) is 0 Å². The maximum Gasteiger partial charge on any atom is 0.317 e. The first kappa shape index (κ1) is 12.4. The van der Waals surface area contributed by atoms with Gasteiger partial charge in [0.05, 0.1) is 6.61 Å². The van der Waals surface area contributed by atoms with Crippen molar-refractivity contribution in [3.63, 3.8) is 0 Å². The maximum absolute atomic E-state index is 10.3. The molecule has 4 nitrogen and oxygen atoms in total. The summed E-state index contributed by atoms with van der Waals surface area (Å²) in [5.41, 5.74) is 0. The second-order valence-electron chi connectivity index (χ2n) is 1.38. The van der Waals surface area contributed by atoms with E-state index in [2.05, 4.69) is 17.9 Å². The summed E-state index contributed by atoms with van der Waals surface area (Å²) in [6, 6.07) is 0. The van der Waals surface area contributed by atoms with Gasteiger partial charge in [0.25, 0.3) is 0 Å². The highest BCUT2D eigenvalue weighted by molar-refractivity contribution is 5.90. The van der Waals surface area contributed by atoms with Crippen LogP contribution in [-0.2, 0) is 14.3 Å². The molecule has 1 N–H and O–H groups in total. The van der Waals surface area contributed by atoms with Gasteiger partial charge >= 0.3 is 11.9 Å². The third-order valence-corrected chi connectivity index (χ3v) is 0.601. The molecule has 0 radical (unpaired) electrons. The molecule has 0 fully saturated rings. The Hall–Kier alpha value is -1.32. The Balaban J connectivity index is 0. The molecule has 0 spiro atoms. The number of ether oxygens (including phenoxy) is 1. The van der Waals surface area contributed by atoms with Gasteiger partial charge in [-0.05, 0) is 6.92 Å². The smallest absolute Gasteiger partial charge is 0.317 e. The van der Waals surface area contributed by atoms with Crippen LogP contribution in [0.5, 0.6) is 0 Å². The van der Waals surface area contributed by atoms with Crippen molar-refractivity contribution >= 4 is 11.9 Å². The summed E-state index contributed by atoms with van der Waals surface area (Å²) < 4.78 is 4.33. The first-order chi connectivity index (χ1) is 5.16. The van der Waals surface area contributed by atoms with Crippen molar-refractivity contribution in [2.75, 3.05) is 6.61 Å². The first-order valence-corrected chi connectivity index (χ1v) is 3.04. The van der Waals surface area contributed by atoms with Gasteiger partial charge < -0.3 is 9.84 Å². The highest BCUT2D eigenvalue weighted by atomic mass is 16.5. The molecule has 0 aromatic rings. The molecule has 0 aromatic carbocycles. The minimum atomic E-state index is -1.16. The number of hydrogen-bond acceptors (Lipinski definition) is 3. The molecule has 0 unspecified atom stereocenters. The lowest BCUT2D eigenvalue weighted by molar-refractivity contribution is -0.150. The number of carbonyl (C=O) groups excluding carboxylic acids is 1. The number of esters is 1. The molecule has 0 heterocycles. The van der Waals surface area contributed by atoms with Crippen LogP contribution < -0.4 is 0 Å². The van der Waals surface area contributed by atoms with Crippen LogP contribution in [0.2, 0.25) is 0 Å². The third kappa shape index (κ3) is 12.0. The Morgan fingerprint density at radius 3 is 2.18 bits per heavy atom. The number of rotatable bonds is 3. The topological polar surface area (TPSA) is 63.6 Å². The molecular formula is C7H12O4. The number of carboxylic acid groups (broad SMARTS) is 1. The van der Waals surface area contributed by atoms with E-state index in [1.165, 1.54) is 0 Å². The summed E-state index contributed by atoms with van der Waals surface area (Å²) >= 11 is 0. The van der Waals surface area contributed by atoms with Crippen molar-refractivity contribution in [3.8, 4) is 0 Å². The van der Waals surface area contributed by atoms with Gasteiger partial charge in [0.1, 0.15) is 6.42 Å². The second kappa shape index (κ2) is 8.68. The Bertz CT molecular complexity index is 130. The van der Waals surface area contributed by atoms with Crippen molar-refractivity contribution in [2.24, 2.45) is 0 Å². The number of carbonyl (C=O) groups is 2. The predicted octanol–water partition coefficient (Wildman–Crippen LogP) is 0.826. The zero-order valence-electron chi connectivity index (χ0n) is 6.50.